The van der Waals surface area contributed by atoms with Gasteiger partial charge in [-0.2, -0.15) is 0 Å². The van der Waals surface area contributed by atoms with E-state index in [1.54, 1.807) is 14.2 Å². The van der Waals surface area contributed by atoms with Gasteiger partial charge in [-0.3, -0.25) is 14.4 Å². The Morgan fingerprint density at radius 2 is 1.81 bits per heavy atom. The molecule has 0 bridgehead atoms. The van der Waals surface area contributed by atoms with Gasteiger partial charge in [-0.05, 0) is 18.8 Å². The van der Waals surface area contributed by atoms with E-state index < -0.39 is 40.6 Å². The van der Waals surface area contributed by atoms with Crippen LogP contribution in [0.3, 0.4) is 0 Å². The van der Waals surface area contributed by atoms with E-state index in [0.717, 1.165) is 25.7 Å². The van der Waals surface area contributed by atoms with Gasteiger partial charge in [0.15, 0.2) is 17.2 Å². The van der Waals surface area contributed by atoms with Crippen molar-refractivity contribution in [2.24, 2.45) is 17.8 Å². The third-order valence-corrected chi connectivity index (χ3v) is 10.1. The van der Waals surface area contributed by atoms with Crippen LogP contribution >= 0.6 is 11.6 Å². The Labute approximate surface area is 223 Å². The Hall–Kier alpha value is -1.48. The number of hydrogen-bond donors (Lipinski definition) is 0. The Kier molecular flexibility index (Phi) is 7.51. The average Bonchev–Trinajstić information content (AvgIpc) is 3.43. The zero-order valence-corrected chi connectivity index (χ0v) is 23.0. The summed E-state index contributed by atoms with van der Waals surface area (Å²) in [6, 6.07) is 0. The van der Waals surface area contributed by atoms with Crippen LogP contribution < -0.4 is 0 Å². The summed E-state index contributed by atoms with van der Waals surface area (Å²) in [6.07, 6.45) is 5.53. The van der Waals surface area contributed by atoms with E-state index in [4.69, 9.17) is 35.3 Å². The molecule has 37 heavy (non-hydrogen) atoms. The minimum Gasteiger partial charge on any atom is -0.487 e. The first-order valence-corrected chi connectivity index (χ1v) is 14.1. The van der Waals surface area contributed by atoms with Crippen molar-refractivity contribution in [3.8, 4) is 0 Å². The molecule has 2 heterocycles. The highest BCUT2D eigenvalue weighted by molar-refractivity contribution is 6.22. The lowest BCUT2D eigenvalue weighted by Gasteiger charge is -2.42. The van der Waals surface area contributed by atoms with Crippen molar-refractivity contribution in [3.63, 3.8) is 0 Å². The molecule has 0 aromatic heterocycles. The lowest BCUT2D eigenvalue weighted by molar-refractivity contribution is -0.157. The molecule has 3 fully saturated rings. The number of ketones is 2. The van der Waals surface area contributed by atoms with Gasteiger partial charge >= 0.3 is 5.97 Å². The standard InChI is InChI=1S/C28H39ClO8/c1-15-12-19(31)18-14-27(10-11-35-16(2)30,17-8-6-5-7-9-17)37-26(18)28(15)25(32)22-20(33-3)13-21(34-4)23(29)24(22)36-28/h15,17,20-24H,5-14H2,1-4H3/t15-,20?,21?,22?,23?,24?,27+,28-/m1/s1. The molecule has 5 unspecified atom stereocenters. The molecule has 206 valence electrons. The predicted octanol–water partition coefficient (Wildman–Crippen LogP) is 3.91. The van der Waals surface area contributed by atoms with Gasteiger partial charge in [0.05, 0.1) is 36.2 Å². The number of fused-ring (bicyclic) bond motifs is 2. The van der Waals surface area contributed by atoms with Gasteiger partial charge in [0.1, 0.15) is 11.4 Å². The number of hydrogen-bond acceptors (Lipinski definition) is 8. The van der Waals surface area contributed by atoms with Gasteiger partial charge in [0, 0.05) is 58.3 Å². The molecule has 9 heteroatoms. The van der Waals surface area contributed by atoms with E-state index in [9.17, 15) is 14.4 Å². The van der Waals surface area contributed by atoms with Crippen LogP contribution in [0.15, 0.2) is 11.3 Å². The van der Waals surface area contributed by atoms with Crippen LogP contribution in [0.2, 0.25) is 0 Å². The van der Waals surface area contributed by atoms with E-state index in [0.29, 0.717) is 30.6 Å². The number of alkyl halides is 1. The molecular formula is C28H39ClO8. The second-order valence-electron chi connectivity index (χ2n) is 11.5. The number of ether oxygens (including phenoxy) is 5. The Morgan fingerprint density at radius 3 is 2.46 bits per heavy atom. The molecule has 0 aromatic carbocycles. The summed E-state index contributed by atoms with van der Waals surface area (Å²) in [6.45, 7) is 3.48. The molecule has 0 N–H and O–H groups in total. The Morgan fingerprint density at radius 1 is 1.11 bits per heavy atom. The number of esters is 1. The molecule has 2 aliphatic heterocycles. The van der Waals surface area contributed by atoms with Crippen LogP contribution in [0.1, 0.15) is 71.6 Å². The molecular weight excluding hydrogens is 500 g/mol. The minimum absolute atomic E-state index is 0.00468. The van der Waals surface area contributed by atoms with Gasteiger partial charge in [0.25, 0.3) is 0 Å². The zero-order chi connectivity index (χ0) is 26.5. The zero-order valence-electron chi connectivity index (χ0n) is 22.3. The number of carbonyl (C=O) groups is 3. The smallest absolute Gasteiger partial charge is 0.302 e. The van der Waals surface area contributed by atoms with Gasteiger partial charge in [-0.1, -0.05) is 26.2 Å². The summed E-state index contributed by atoms with van der Waals surface area (Å²) in [4.78, 5) is 39.3. The Balaban J connectivity index is 1.54. The molecule has 0 radical (unpaired) electrons. The molecule has 8 atom stereocenters. The monoisotopic (exact) mass is 538 g/mol. The van der Waals surface area contributed by atoms with Crippen LogP contribution in [0, 0.1) is 17.8 Å². The topological polar surface area (TPSA) is 97.4 Å². The van der Waals surface area contributed by atoms with Gasteiger partial charge in [-0.25, -0.2) is 0 Å². The Bertz CT molecular complexity index is 973. The third-order valence-electron chi connectivity index (χ3n) is 9.58. The SMILES string of the molecule is COC1CC(OC)C2C(=O)[C@@]3(OC2C1Cl)C1=C(C[C@@](CCOC(C)=O)(C2CCCCC2)O1)C(=O)C[C@H]3C. The summed E-state index contributed by atoms with van der Waals surface area (Å²) in [5, 5.41) is -0.535. The van der Waals surface area contributed by atoms with Crippen LogP contribution in [-0.4, -0.2) is 73.3 Å². The predicted molar refractivity (Wildman–Crippen MR) is 134 cm³/mol. The fourth-order valence-electron chi connectivity index (χ4n) is 7.64. The number of carbonyl (C=O) groups excluding carboxylic acids is 3. The molecule has 5 aliphatic rings. The maximum atomic E-state index is 14.4. The second kappa shape index (κ2) is 10.2. The average molecular weight is 539 g/mol. The fraction of sp³-hybridized carbons (Fsp3) is 0.821. The first kappa shape index (κ1) is 27.1. The summed E-state index contributed by atoms with van der Waals surface area (Å²) >= 11 is 6.84. The number of Topliss-reactive ketones (excluding diaryl/α,β-unsaturated/α-hetero) is 2. The maximum absolute atomic E-state index is 14.4. The molecule has 1 spiro atoms. The van der Waals surface area contributed by atoms with Crippen molar-refractivity contribution < 1.29 is 38.1 Å². The summed E-state index contributed by atoms with van der Waals surface area (Å²) < 4.78 is 30.3. The van der Waals surface area contributed by atoms with Crippen LogP contribution in [-0.2, 0) is 38.1 Å². The molecule has 5 rings (SSSR count). The molecule has 3 aliphatic carbocycles. The number of halogens is 1. The van der Waals surface area contributed by atoms with Crippen LogP contribution in [0.25, 0.3) is 0 Å². The summed E-state index contributed by atoms with van der Waals surface area (Å²) in [7, 11) is 3.19. The van der Waals surface area contributed by atoms with Crippen LogP contribution in [0.5, 0.6) is 0 Å². The fourth-order valence-corrected chi connectivity index (χ4v) is 8.05. The first-order valence-electron chi connectivity index (χ1n) is 13.7. The number of methoxy groups -OCH3 is 2. The maximum Gasteiger partial charge on any atom is 0.302 e. The lowest BCUT2D eigenvalue weighted by Crippen LogP contribution is -2.52. The second-order valence-corrected chi connectivity index (χ2v) is 12.0. The summed E-state index contributed by atoms with van der Waals surface area (Å²) in [5.41, 5.74) is -1.54. The minimum atomic E-state index is -1.39. The van der Waals surface area contributed by atoms with E-state index in [2.05, 4.69) is 0 Å². The van der Waals surface area contributed by atoms with Crippen molar-refractivity contribution in [1.82, 2.24) is 0 Å². The van der Waals surface area contributed by atoms with Gasteiger partial charge in [-0.15, -0.1) is 11.6 Å². The van der Waals surface area contributed by atoms with Crippen molar-refractivity contribution in [2.75, 3.05) is 20.8 Å². The molecule has 8 nitrogen and oxygen atoms in total. The molecule has 0 amide bonds. The van der Waals surface area contributed by atoms with Crippen LogP contribution in [0.4, 0.5) is 0 Å². The summed E-state index contributed by atoms with van der Waals surface area (Å²) in [5.74, 6) is -0.863. The largest absolute Gasteiger partial charge is 0.487 e. The first-order chi connectivity index (χ1) is 17.7. The van der Waals surface area contributed by atoms with Crippen molar-refractivity contribution in [1.29, 1.82) is 0 Å². The number of rotatable bonds is 6. The van der Waals surface area contributed by atoms with Gasteiger partial charge in [0.2, 0.25) is 0 Å². The van der Waals surface area contributed by atoms with Crippen molar-refractivity contribution in [2.45, 2.75) is 107 Å². The highest BCUT2D eigenvalue weighted by Gasteiger charge is 2.70. The quantitative estimate of drug-likeness (QED) is 0.371. The van der Waals surface area contributed by atoms with E-state index in [1.807, 2.05) is 6.92 Å². The molecule has 2 saturated carbocycles. The molecule has 0 aromatic rings. The normalized spacial score (nSPS) is 42.1. The van der Waals surface area contributed by atoms with E-state index in [1.165, 1.54) is 13.3 Å². The lowest BCUT2D eigenvalue weighted by atomic mass is 9.68. The highest BCUT2D eigenvalue weighted by atomic mass is 35.5. The van der Waals surface area contributed by atoms with Crippen molar-refractivity contribution in [3.05, 3.63) is 11.3 Å². The van der Waals surface area contributed by atoms with E-state index in [-0.39, 0.29) is 42.6 Å². The van der Waals surface area contributed by atoms with Crippen molar-refractivity contribution >= 4 is 29.1 Å². The van der Waals surface area contributed by atoms with E-state index >= 15 is 0 Å². The highest BCUT2D eigenvalue weighted by Crippen LogP contribution is 2.58. The third kappa shape index (κ3) is 4.26. The van der Waals surface area contributed by atoms with Gasteiger partial charge < -0.3 is 23.7 Å². The molecule has 1 saturated heterocycles.